The molecule has 1 atom stereocenters. The number of nitrogens with zero attached hydrogens (tertiary/aromatic N) is 2. The molecule has 0 amide bonds. The van der Waals surface area contributed by atoms with E-state index in [1.807, 2.05) is 24.4 Å². The van der Waals surface area contributed by atoms with Crippen molar-refractivity contribution < 1.29 is 4.84 Å². The molecule has 0 radical (unpaired) electrons. The third kappa shape index (κ3) is 2.25. The van der Waals surface area contributed by atoms with Gasteiger partial charge in [-0.2, -0.15) is 0 Å². The minimum atomic E-state index is 0.0133. The first-order valence-electron chi connectivity index (χ1n) is 5.22. The van der Waals surface area contributed by atoms with Crippen LogP contribution in [0.2, 0.25) is 0 Å². The van der Waals surface area contributed by atoms with Gasteiger partial charge >= 0.3 is 0 Å². The number of benzene rings is 1. The molecule has 1 unspecified atom stereocenters. The molecule has 0 bridgehead atoms. The normalized spacial score (nSPS) is 18.9. The van der Waals surface area contributed by atoms with Crippen LogP contribution in [0.5, 0.6) is 0 Å². The summed E-state index contributed by atoms with van der Waals surface area (Å²) in [6.07, 6.45) is 2.68. The van der Waals surface area contributed by atoms with Crippen molar-refractivity contribution in [3.05, 3.63) is 41.4 Å². The fraction of sp³-hybridized carbons (Fsp3) is 0.167. The topological polar surface area (TPSA) is 34.5 Å². The largest absolute Gasteiger partial charge is 0.386 e. The zero-order valence-electron chi connectivity index (χ0n) is 8.84. The van der Waals surface area contributed by atoms with Gasteiger partial charge in [0, 0.05) is 18.2 Å². The molecule has 1 aliphatic heterocycles. The van der Waals surface area contributed by atoms with Crippen LogP contribution in [0.4, 0.5) is 0 Å². The molecule has 2 heterocycles. The van der Waals surface area contributed by atoms with Crippen LogP contribution in [0.1, 0.15) is 17.4 Å². The van der Waals surface area contributed by atoms with Crippen LogP contribution in [-0.2, 0) is 4.84 Å². The fourth-order valence-corrected chi connectivity index (χ4v) is 2.97. The van der Waals surface area contributed by atoms with Gasteiger partial charge in [-0.05, 0) is 15.9 Å². The van der Waals surface area contributed by atoms with Crippen LogP contribution >= 0.6 is 27.3 Å². The van der Waals surface area contributed by atoms with Crippen LogP contribution in [0, 0.1) is 0 Å². The molecule has 0 N–H and O–H groups in total. The van der Waals surface area contributed by atoms with E-state index in [-0.39, 0.29) is 6.10 Å². The first-order chi connectivity index (χ1) is 8.33. The summed E-state index contributed by atoms with van der Waals surface area (Å²) in [5.41, 5.74) is 1.14. The van der Waals surface area contributed by atoms with Crippen LogP contribution in [-0.4, -0.2) is 9.60 Å². The minimum absolute atomic E-state index is 0.0133. The molecule has 0 saturated carbocycles. The predicted molar refractivity (Wildman–Crippen MR) is 72.4 cm³/mol. The number of thiazole rings is 1. The van der Waals surface area contributed by atoms with E-state index in [0.29, 0.717) is 0 Å². The average Bonchev–Trinajstić information content (AvgIpc) is 2.98. The summed E-state index contributed by atoms with van der Waals surface area (Å²) in [6.45, 7) is 0. The van der Waals surface area contributed by atoms with Crippen molar-refractivity contribution >= 4 is 31.9 Å². The smallest absolute Gasteiger partial charge is 0.169 e. The third-order valence-corrected chi connectivity index (χ3v) is 4.10. The minimum Gasteiger partial charge on any atom is -0.386 e. The number of oxime groups is 1. The van der Waals surface area contributed by atoms with Gasteiger partial charge in [-0.15, -0.1) is 11.3 Å². The summed E-state index contributed by atoms with van der Waals surface area (Å²) in [5.74, 6) is 0. The van der Waals surface area contributed by atoms with Crippen molar-refractivity contribution in [2.24, 2.45) is 5.16 Å². The highest BCUT2D eigenvalue weighted by molar-refractivity contribution is 9.18. The molecule has 1 aromatic heterocycles. The summed E-state index contributed by atoms with van der Waals surface area (Å²) in [4.78, 5) is 10.9. The number of aromatic nitrogens is 1. The van der Waals surface area contributed by atoms with Crippen LogP contribution in [0.25, 0.3) is 10.6 Å². The van der Waals surface area contributed by atoms with Gasteiger partial charge in [0.05, 0.1) is 4.88 Å². The van der Waals surface area contributed by atoms with Gasteiger partial charge in [-0.25, -0.2) is 4.98 Å². The van der Waals surface area contributed by atoms with E-state index >= 15 is 0 Å². The molecular formula is C12H9BrN2OS. The molecule has 5 heteroatoms. The zero-order valence-corrected chi connectivity index (χ0v) is 11.2. The molecule has 0 spiro atoms. The quantitative estimate of drug-likeness (QED) is 0.841. The van der Waals surface area contributed by atoms with Crippen molar-refractivity contribution in [1.82, 2.24) is 4.98 Å². The molecule has 3 rings (SSSR count). The first kappa shape index (κ1) is 10.9. The lowest BCUT2D eigenvalue weighted by atomic mass is 10.2. The average molecular weight is 309 g/mol. The highest BCUT2D eigenvalue weighted by Crippen LogP contribution is 2.35. The van der Waals surface area contributed by atoms with Crippen molar-refractivity contribution in [3.8, 4) is 10.6 Å². The number of hydrogen-bond acceptors (Lipinski definition) is 4. The lowest BCUT2D eigenvalue weighted by molar-refractivity contribution is 0.0882. The Labute approximate surface area is 111 Å². The van der Waals surface area contributed by atoms with Crippen molar-refractivity contribution in [2.75, 3.05) is 0 Å². The van der Waals surface area contributed by atoms with Crippen molar-refractivity contribution in [3.63, 3.8) is 0 Å². The monoisotopic (exact) mass is 308 g/mol. The van der Waals surface area contributed by atoms with Crippen molar-refractivity contribution in [1.29, 1.82) is 0 Å². The Bertz CT molecular complexity index is 553. The van der Waals surface area contributed by atoms with Gasteiger partial charge in [-0.3, -0.25) is 0 Å². The summed E-state index contributed by atoms with van der Waals surface area (Å²) in [6, 6.07) is 10.2. The molecule has 86 valence electrons. The van der Waals surface area contributed by atoms with Gasteiger partial charge < -0.3 is 4.84 Å². The summed E-state index contributed by atoms with van der Waals surface area (Å²) >= 11 is 4.99. The maximum Gasteiger partial charge on any atom is 0.169 e. The fourth-order valence-electron chi connectivity index (χ4n) is 1.65. The second-order valence-electron chi connectivity index (χ2n) is 3.70. The zero-order chi connectivity index (χ0) is 11.7. The molecule has 0 fully saturated rings. The van der Waals surface area contributed by atoms with Gasteiger partial charge in [-0.1, -0.05) is 35.5 Å². The third-order valence-electron chi connectivity index (χ3n) is 2.49. The molecule has 0 saturated heterocycles. The maximum atomic E-state index is 5.31. The Balaban J connectivity index is 1.84. The van der Waals surface area contributed by atoms with E-state index in [0.717, 1.165) is 26.5 Å². The van der Waals surface area contributed by atoms with Gasteiger partial charge in [0.25, 0.3) is 0 Å². The lowest BCUT2D eigenvalue weighted by Gasteiger charge is -2.02. The summed E-state index contributed by atoms with van der Waals surface area (Å²) < 4.78 is 0.858. The van der Waals surface area contributed by atoms with E-state index in [1.54, 1.807) is 11.3 Å². The molecular weight excluding hydrogens is 300 g/mol. The Morgan fingerprint density at radius 1 is 1.29 bits per heavy atom. The Hall–Kier alpha value is -1.20. The first-order valence-corrected chi connectivity index (χ1v) is 6.83. The second-order valence-corrected chi connectivity index (χ2v) is 5.68. The lowest BCUT2D eigenvalue weighted by Crippen LogP contribution is -1.92. The van der Waals surface area contributed by atoms with Gasteiger partial charge in [0.15, 0.2) is 6.10 Å². The molecule has 17 heavy (non-hydrogen) atoms. The SMILES string of the molecule is BrC1=NOC(c2cnc(-c3ccccc3)s2)C1. The number of halogens is 1. The van der Waals surface area contributed by atoms with Crippen LogP contribution in [0.15, 0.2) is 41.7 Å². The summed E-state index contributed by atoms with van der Waals surface area (Å²) in [5, 5.41) is 4.91. The van der Waals surface area contributed by atoms with Gasteiger partial charge in [0.2, 0.25) is 0 Å². The van der Waals surface area contributed by atoms with Crippen molar-refractivity contribution in [2.45, 2.75) is 12.5 Å². The Morgan fingerprint density at radius 2 is 2.12 bits per heavy atom. The number of rotatable bonds is 2. The highest BCUT2D eigenvalue weighted by Gasteiger charge is 2.23. The van der Waals surface area contributed by atoms with E-state index in [1.165, 1.54) is 0 Å². The molecule has 3 nitrogen and oxygen atoms in total. The number of hydrogen-bond donors (Lipinski definition) is 0. The molecule has 0 aliphatic carbocycles. The van der Waals surface area contributed by atoms with E-state index < -0.39 is 0 Å². The Kier molecular flexibility index (Phi) is 2.94. The molecule has 1 aromatic carbocycles. The molecule has 1 aliphatic rings. The maximum absolute atomic E-state index is 5.31. The van der Waals surface area contributed by atoms with E-state index in [4.69, 9.17) is 4.84 Å². The van der Waals surface area contributed by atoms with Crippen LogP contribution in [0.3, 0.4) is 0 Å². The predicted octanol–water partition coefficient (Wildman–Crippen LogP) is 3.98. The van der Waals surface area contributed by atoms with E-state index in [9.17, 15) is 0 Å². The van der Waals surface area contributed by atoms with Gasteiger partial charge in [0.1, 0.15) is 9.63 Å². The highest BCUT2D eigenvalue weighted by atomic mass is 79.9. The standard InChI is InChI=1S/C12H9BrN2OS/c13-11-6-9(16-15-11)10-7-14-12(17-10)8-4-2-1-3-5-8/h1-5,7,9H,6H2. The molecule has 2 aromatic rings. The second kappa shape index (κ2) is 4.58. The van der Waals surface area contributed by atoms with E-state index in [2.05, 4.69) is 38.2 Å². The summed E-state index contributed by atoms with van der Waals surface area (Å²) in [7, 11) is 0. The Morgan fingerprint density at radius 3 is 2.82 bits per heavy atom. The van der Waals surface area contributed by atoms with Crippen LogP contribution < -0.4 is 0 Å².